The summed E-state index contributed by atoms with van der Waals surface area (Å²) in [6.45, 7) is 29.3. The van der Waals surface area contributed by atoms with E-state index in [0.29, 0.717) is 149 Å². The van der Waals surface area contributed by atoms with Crippen molar-refractivity contribution in [3.8, 4) is 23.0 Å². The molecule has 0 radical (unpaired) electrons. The molecule has 93 heavy (non-hydrogen) atoms. The molecule has 2 aliphatic heterocycles. The summed E-state index contributed by atoms with van der Waals surface area (Å²) in [6.07, 6.45) is -2.49. The van der Waals surface area contributed by atoms with Gasteiger partial charge in [-0.05, 0) is 119 Å². The molecule has 3 aromatic heterocycles. The Morgan fingerprint density at radius 2 is 1.02 bits per heavy atom. The Bertz CT molecular complexity index is 2730. The lowest BCUT2D eigenvalue weighted by Gasteiger charge is -2.37. The summed E-state index contributed by atoms with van der Waals surface area (Å²) in [5.41, 5.74) is -0.853. The predicted octanol–water partition coefficient (Wildman–Crippen LogP) is 5.23. The maximum absolute atomic E-state index is 14.1. The number of nitrogens with zero attached hydrogens (tertiary/aromatic N) is 9. The third-order valence-electron chi connectivity index (χ3n) is 14.1. The molecule has 0 atom stereocenters. The van der Waals surface area contributed by atoms with Crippen LogP contribution in [0.5, 0.6) is 11.8 Å². The summed E-state index contributed by atoms with van der Waals surface area (Å²) in [6, 6.07) is 9.96. The van der Waals surface area contributed by atoms with Crippen LogP contribution in [0.4, 0.5) is 18.9 Å². The maximum atomic E-state index is 14.1. The first kappa shape index (κ1) is 77.3. The molecule has 28 heteroatoms. The first-order valence-electron chi connectivity index (χ1n) is 32.3. The number of halogens is 3. The summed E-state index contributed by atoms with van der Waals surface area (Å²) in [5.74, 6) is -1.82. The van der Waals surface area contributed by atoms with Crippen molar-refractivity contribution in [1.29, 1.82) is 0 Å². The molecular formula is C65H102F3N11O14. The Kier molecular flexibility index (Phi) is 32.3. The summed E-state index contributed by atoms with van der Waals surface area (Å²) in [5, 5.41) is 6.41. The van der Waals surface area contributed by atoms with Crippen molar-refractivity contribution >= 4 is 35.4 Å². The van der Waals surface area contributed by atoms with Gasteiger partial charge in [0.05, 0.1) is 114 Å². The standard InChI is InChI=1S/C65H102F3N11O14/c1-12-89-55-20-17-50(59(73-55)65(66,67)68)61(84)79-34-32-78(33-35-79)53-19-18-51(49-16-14-22-71-60(49)90-13-2)72-52(53)44-69-21-15-36-85-38-40-87-42-43-88-41-39-86-37-23-70-54(80)45-74-24-26-75(46-56(81)91-62(3,4)5)28-30-77(48-58(83)93-64(9,10)11)31-29-76(27-25-74)47-57(82)92-63(6,7)8/h14,16-20,22,69H,12-13,15,21,23-48H2,1-11H3,(H,70,80). The molecular weight excluding hydrogens is 1220 g/mol. The zero-order valence-corrected chi connectivity index (χ0v) is 56.6. The number of carbonyl (C=O) groups excluding carboxylic acids is 5. The van der Waals surface area contributed by atoms with Gasteiger partial charge >= 0.3 is 24.1 Å². The second-order valence-electron chi connectivity index (χ2n) is 25.4. The van der Waals surface area contributed by atoms with E-state index >= 15 is 0 Å². The van der Waals surface area contributed by atoms with Crippen molar-refractivity contribution in [1.82, 2.24) is 50.1 Å². The second-order valence-corrected chi connectivity index (χ2v) is 25.4. The molecule has 3 aromatic rings. The summed E-state index contributed by atoms with van der Waals surface area (Å²) >= 11 is 0. The van der Waals surface area contributed by atoms with Gasteiger partial charge in [0, 0.05) is 110 Å². The summed E-state index contributed by atoms with van der Waals surface area (Å²) in [7, 11) is 0. The fourth-order valence-corrected chi connectivity index (χ4v) is 9.95. The number of hydrogen-bond donors (Lipinski definition) is 2. The quantitative estimate of drug-likeness (QED) is 0.0450. The van der Waals surface area contributed by atoms with Crippen LogP contribution >= 0.6 is 0 Å². The van der Waals surface area contributed by atoms with Crippen LogP contribution in [0.3, 0.4) is 0 Å². The fourth-order valence-electron chi connectivity index (χ4n) is 9.95. The highest BCUT2D eigenvalue weighted by Gasteiger charge is 2.40. The van der Waals surface area contributed by atoms with E-state index in [2.05, 4.69) is 25.5 Å². The first-order valence-corrected chi connectivity index (χ1v) is 32.3. The smallest absolute Gasteiger partial charge is 0.434 e. The Hall–Kier alpha value is -6.37. The Labute approximate surface area is 546 Å². The maximum Gasteiger partial charge on any atom is 0.434 e. The number of esters is 3. The number of nitrogens with one attached hydrogen (secondary N) is 2. The minimum Gasteiger partial charge on any atom is -0.478 e. The topological polar surface area (TPSA) is 251 Å². The lowest BCUT2D eigenvalue weighted by molar-refractivity contribution is -0.158. The van der Waals surface area contributed by atoms with Crippen molar-refractivity contribution in [3.05, 3.63) is 59.5 Å². The number of hydrogen-bond acceptors (Lipinski definition) is 23. The van der Waals surface area contributed by atoms with Crippen molar-refractivity contribution in [2.75, 3.05) is 189 Å². The van der Waals surface area contributed by atoms with E-state index < -0.39 is 40.1 Å². The fraction of sp³-hybridized carbons (Fsp3) is 0.692. The predicted molar refractivity (Wildman–Crippen MR) is 343 cm³/mol. The van der Waals surface area contributed by atoms with E-state index in [1.807, 2.05) is 113 Å². The molecule has 0 aliphatic carbocycles. The molecule has 25 nitrogen and oxygen atoms in total. The molecule has 0 saturated carbocycles. The van der Waals surface area contributed by atoms with Crippen LogP contribution in [0.25, 0.3) is 11.3 Å². The molecule has 5 rings (SSSR count). The third kappa shape index (κ3) is 30.3. The Balaban J connectivity index is 0.994. The average Bonchev–Trinajstić information content (AvgIpc) is 0.807. The highest BCUT2D eigenvalue weighted by atomic mass is 19.4. The van der Waals surface area contributed by atoms with Crippen LogP contribution in [0.15, 0.2) is 42.6 Å². The minimum atomic E-state index is -4.85. The number of aromatic nitrogens is 3. The number of piperazine rings is 1. The molecule has 2 amide bonds. The Morgan fingerprint density at radius 1 is 0.538 bits per heavy atom. The van der Waals surface area contributed by atoms with E-state index in [1.165, 1.54) is 11.0 Å². The molecule has 2 N–H and O–H groups in total. The van der Waals surface area contributed by atoms with Crippen molar-refractivity contribution in [3.63, 3.8) is 0 Å². The molecule has 0 spiro atoms. The van der Waals surface area contributed by atoms with Gasteiger partial charge in [0.25, 0.3) is 5.91 Å². The minimum absolute atomic E-state index is 0.0236. The zero-order chi connectivity index (χ0) is 68.0. The van der Waals surface area contributed by atoms with E-state index in [-0.39, 0.29) is 88.7 Å². The SMILES string of the molecule is CCOc1ccc(C(=O)N2CCN(c3ccc(-c4cccnc4OCC)nc3CNCCCOCCOCCOCCOCCNC(=O)CN3CCN(CC(=O)OC(C)(C)C)CCN(CC(=O)OC(C)(C)C)CCN(CC(=O)OC(C)(C)C)CC3)CC2)c(C(F)(F)F)n1. The van der Waals surface area contributed by atoms with Gasteiger partial charge in [-0.1, -0.05) is 0 Å². The number of alkyl halides is 3. The van der Waals surface area contributed by atoms with Gasteiger partial charge in [0.15, 0.2) is 5.69 Å². The highest BCUT2D eigenvalue weighted by molar-refractivity contribution is 5.95. The van der Waals surface area contributed by atoms with Crippen LogP contribution in [0.2, 0.25) is 0 Å². The van der Waals surface area contributed by atoms with Gasteiger partial charge in [0.2, 0.25) is 17.7 Å². The van der Waals surface area contributed by atoms with Gasteiger partial charge in [-0.3, -0.25) is 43.6 Å². The van der Waals surface area contributed by atoms with Gasteiger partial charge < -0.3 is 63.1 Å². The number of rotatable bonds is 33. The van der Waals surface area contributed by atoms with Crippen LogP contribution in [0, 0.1) is 0 Å². The van der Waals surface area contributed by atoms with Gasteiger partial charge in [-0.2, -0.15) is 13.2 Å². The molecule has 0 unspecified atom stereocenters. The van der Waals surface area contributed by atoms with E-state index in [0.717, 1.165) is 23.0 Å². The number of pyridine rings is 3. The molecule has 2 fully saturated rings. The average molecular weight is 1320 g/mol. The molecule has 522 valence electrons. The van der Waals surface area contributed by atoms with Crippen molar-refractivity contribution < 1.29 is 79.8 Å². The highest BCUT2D eigenvalue weighted by Crippen LogP contribution is 2.34. The molecule has 0 bridgehead atoms. The number of ether oxygens (including phenoxy) is 9. The van der Waals surface area contributed by atoms with E-state index in [9.17, 15) is 37.1 Å². The molecule has 2 saturated heterocycles. The third-order valence-corrected chi connectivity index (χ3v) is 14.1. The van der Waals surface area contributed by atoms with Crippen LogP contribution in [-0.4, -0.2) is 270 Å². The first-order chi connectivity index (χ1) is 44.1. The monoisotopic (exact) mass is 1320 g/mol. The van der Waals surface area contributed by atoms with Crippen molar-refractivity contribution in [2.24, 2.45) is 0 Å². The molecule has 0 aromatic carbocycles. The summed E-state index contributed by atoms with van der Waals surface area (Å²) in [4.78, 5) is 90.6. The van der Waals surface area contributed by atoms with Crippen LogP contribution in [0.1, 0.15) is 104 Å². The van der Waals surface area contributed by atoms with E-state index in [1.54, 1.807) is 13.1 Å². The van der Waals surface area contributed by atoms with Gasteiger partial charge in [-0.25, -0.2) is 15.0 Å². The molecule has 5 heterocycles. The van der Waals surface area contributed by atoms with Crippen LogP contribution < -0.4 is 25.0 Å². The van der Waals surface area contributed by atoms with Crippen molar-refractivity contribution in [2.45, 2.75) is 112 Å². The molecule has 2 aliphatic rings. The van der Waals surface area contributed by atoms with Gasteiger partial charge in [-0.15, -0.1) is 0 Å². The lowest BCUT2D eigenvalue weighted by atomic mass is 10.1. The normalized spacial score (nSPS) is 15.7. The summed E-state index contributed by atoms with van der Waals surface area (Å²) < 4.78 is 93.1. The second kappa shape index (κ2) is 38.9. The van der Waals surface area contributed by atoms with E-state index in [4.69, 9.17) is 47.6 Å². The van der Waals surface area contributed by atoms with Crippen LogP contribution in [-0.2, 0) is 65.1 Å². The number of anilines is 1. The number of amides is 2. The number of carbonyl (C=O) groups is 5. The lowest BCUT2D eigenvalue weighted by Crippen LogP contribution is -2.50. The van der Waals surface area contributed by atoms with Gasteiger partial charge in [0.1, 0.15) is 16.8 Å². The Morgan fingerprint density at radius 3 is 1.51 bits per heavy atom. The zero-order valence-electron chi connectivity index (χ0n) is 56.6. The largest absolute Gasteiger partial charge is 0.478 e.